The van der Waals surface area contributed by atoms with Gasteiger partial charge in [-0.25, -0.2) is 0 Å². The highest BCUT2D eigenvalue weighted by Gasteiger charge is 2.35. The molecule has 0 aromatic rings. The van der Waals surface area contributed by atoms with Gasteiger partial charge < -0.3 is 30.7 Å². The highest BCUT2D eigenvalue weighted by Crippen LogP contribution is 2.25. The van der Waals surface area contributed by atoms with Gasteiger partial charge >= 0.3 is 11.9 Å². The summed E-state index contributed by atoms with van der Waals surface area (Å²) in [4.78, 5) is 50.6. The number of methoxy groups -OCH3 is 2. The van der Waals surface area contributed by atoms with E-state index in [0.29, 0.717) is 31.1 Å². The van der Waals surface area contributed by atoms with Gasteiger partial charge in [0.05, 0.1) is 26.1 Å². The van der Waals surface area contributed by atoms with Gasteiger partial charge in [-0.2, -0.15) is 0 Å². The van der Waals surface area contributed by atoms with Crippen molar-refractivity contribution in [2.75, 3.05) is 81.4 Å². The summed E-state index contributed by atoms with van der Waals surface area (Å²) in [6.45, 7) is 3.57. The number of ether oxygens (including phenoxy) is 2. The molecule has 0 bridgehead atoms. The SMILES string of the molecule is COC(=O)C1CC(=O)N(CCSSCCN2CC(C(=O)OC)CC2=O)C1.NCCSSCCN.[2H]CI. The van der Waals surface area contributed by atoms with Crippen molar-refractivity contribution < 1.29 is 30.0 Å². The van der Waals surface area contributed by atoms with Crippen LogP contribution in [0.1, 0.15) is 14.2 Å². The lowest BCUT2D eigenvalue weighted by molar-refractivity contribution is -0.145. The second-order valence-corrected chi connectivity index (χ2v) is 12.8. The summed E-state index contributed by atoms with van der Waals surface area (Å²) >= 11 is 1.96. The average molecular weight is 700 g/mol. The number of rotatable bonds is 14. The Morgan fingerprint density at radius 3 is 1.50 bits per heavy atom. The lowest BCUT2D eigenvalue weighted by Gasteiger charge is -2.17. The summed E-state index contributed by atoms with van der Waals surface area (Å²) in [5.41, 5.74) is 10.5. The second-order valence-electron chi connectivity index (χ2n) is 7.39. The number of halogens is 1. The molecule has 2 heterocycles. The maximum Gasteiger partial charge on any atom is 0.310 e. The molecule has 36 heavy (non-hydrogen) atoms. The van der Waals surface area contributed by atoms with Crippen LogP contribution >= 0.6 is 65.8 Å². The standard InChI is InChI=1S/C16H24N2O6S2.C4H12N2S2.CH3I/c1-23-15(21)11-7-13(19)17(9-11)3-5-25-26-6-4-18-10-12(8-14(18)20)16(22)24-2;5-1-3-7-8-4-2-6;1-2/h11-12H,3-10H2,1-2H3;1-6H2;1H3/i;;1D. The molecule has 2 aliphatic heterocycles. The molecule has 4 N–H and O–H groups in total. The normalized spacial score (nSPS) is 19.2. The average Bonchev–Trinajstić information content (AvgIpc) is 3.45. The number of nitrogens with two attached hydrogens (primary N) is 2. The van der Waals surface area contributed by atoms with Crippen molar-refractivity contribution in [3.8, 4) is 0 Å². The summed E-state index contributed by atoms with van der Waals surface area (Å²) in [6, 6.07) is 0. The fourth-order valence-electron chi connectivity index (χ4n) is 3.25. The van der Waals surface area contributed by atoms with Crippen LogP contribution in [0, 0.1) is 11.8 Å². The van der Waals surface area contributed by atoms with Crippen LogP contribution in [-0.2, 0) is 28.7 Å². The first-order chi connectivity index (χ1) is 17.8. The van der Waals surface area contributed by atoms with E-state index in [9.17, 15) is 19.2 Å². The number of likely N-dealkylation sites (tertiary alicyclic amines) is 2. The fraction of sp³-hybridized carbons (Fsp3) is 0.810. The summed E-state index contributed by atoms with van der Waals surface area (Å²) < 4.78 is 15.6. The Labute approximate surface area is 245 Å². The highest BCUT2D eigenvalue weighted by atomic mass is 127. The molecule has 2 amide bonds. The van der Waals surface area contributed by atoms with E-state index in [1.807, 2.05) is 22.6 Å². The summed E-state index contributed by atoms with van der Waals surface area (Å²) in [5.74, 6) is 2.18. The molecular weight excluding hydrogens is 659 g/mol. The molecule has 2 saturated heterocycles. The topological polar surface area (TPSA) is 145 Å². The van der Waals surface area contributed by atoms with Gasteiger partial charge in [0.25, 0.3) is 0 Å². The maximum absolute atomic E-state index is 11.9. The minimum absolute atomic E-state index is 0.0116. The molecule has 15 heteroatoms. The van der Waals surface area contributed by atoms with Crippen molar-refractivity contribution in [3.63, 3.8) is 0 Å². The molecule has 0 aliphatic carbocycles. The van der Waals surface area contributed by atoms with E-state index in [2.05, 4.69) is 9.47 Å². The van der Waals surface area contributed by atoms with E-state index in [0.717, 1.165) is 36.1 Å². The van der Waals surface area contributed by atoms with Gasteiger partial charge in [-0.05, 0) is 4.91 Å². The number of esters is 2. The Kier molecular flexibility index (Phi) is 21.6. The van der Waals surface area contributed by atoms with Crippen LogP contribution in [0.3, 0.4) is 0 Å². The van der Waals surface area contributed by atoms with Crippen molar-refractivity contribution in [2.24, 2.45) is 23.3 Å². The van der Waals surface area contributed by atoms with E-state index in [4.69, 9.17) is 12.8 Å². The number of carbonyl (C=O) groups excluding carboxylic acids is 4. The van der Waals surface area contributed by atoms with Crippen LogP contribution in [0.4, 0.5) is 0 Å². The number of carbonyl (C=O) groups is 4. The van der Waals surface area contributed by atoms with Crippen LogP contribution in [-0.4, -0.2) is 115 Å². The Hall–Kier alpha value is -0.0700. The van der Waals surface area contributed by atoms with Crippen LogP contribution in [0.25, 0.3) is 0 Å². The van der Waals surface area contributed by atoms with E-state index < -0.39 is 0 Å². The fourth-order valence-corrected chi connectivity index (χ4v) is 6.94. The first-order valence-electron chi connectivity index (χ1n) is 11.9. The molecule has 0 aromatic carbocycles. The first-order valence-corrected chi connectivity index (χ1v) is 17.7. The summed E-state index contributed by atoms with van der Waals surface area (Å²) in [6.07, 6.45) is 0.450. The van der Waals surface area contributed by atoms with E-state index in [-0.39, 0.29) is 48.4 Å². The number of hydrogen-bond donors (Lipinski definition) is 2. The maximum atomic E-state index is 11.9. The molecule has 2 unspecified atom stereocenters. The summed E-state index contributed by atoms with van der Waals surface area (Å²) in [7, 11) is 9.51. The largest absolute Gasteiger partial charge is 0.469 e. The number of hydrogen-bond acceptors (Lipinski definition) is 12. The van der Waals surface area contributed by atoms with Gasteiger partial charge in [0, 0.05) is 76.5 Å². The van der Waals surface area contributed by atoms with Crippen molar-refractivity contribution in [1.29, 1.82) is 0 Å². The van der Waals surface area contributed by atoms with E-state index in [1.165, 1.54) is 14.2 Å². The zero-order chi connectivity index (χ0) is 28.1. The molecule has 10 nitrogen and oxygen atoms in total. The predicted octanol–water partition coefficient (Wildman–Crippen LogP) is 1.75. The zero-order valence-electron chi connectivity index (χ0n) is 21.9. The van der Waals surface area contributed by atoms with Crippen molar-refractivity contribution in [1.82, 2.24) is 9.80 Å². The van der Waals surface area contributed by atoms with E-state index in [1.54, 1.807) is 53.0 Å². The summed E-state index contributed by atoms with van der Waals surface area (Å²) in [5, 5.41) is 0. The highest BCUT2D eigenvalue weighted by molar-refractivity contribution is 14.1. The van der Waals surface area contributed by atoms with Crippen LogP contribution < -0.4 is 11.5 Å². The number of alkyl halides is 1. The van der Waals surface area contributed by atoms with Gasteiger partial charge in [-0.15, -0.1) is 0 Å². The zero-order valence-corrected chi connectivity index (χ0v) is 26.3. The first kappa shape index (κ1) is 34.0. The molecule has 0 radical (unpaired) electrons. The van der Waals surface area contributed by atoms with Gasteiger partial charge in [-0.1, -0.05) is 65.8 Å². The van der Waals surface area contributed by atoms with E-state index >= 15 is 0 Å². The Bertz CT molecular complexity index is 635. The third-order valence-electron chi connectivity index (χ3n) is 4.96. The predicted molar refractivity (Wildman–Crippen MR) is 161 cm³/mol. The molecule has 0 aromatic heterocycles. The third kappa shape index (κ3) is 14.8. The van der Waals surface area contributed by atoms with Gasteiger partial charge in [0.15, 0.2) is 0 Å². The van der Waals surface area contributed by atoms with Crippen molar-refractivity contribution in [3.05, 3.63) is 0 Å². The third-order valence-corrected chi connectivity index (χ3v) is 9.79. The van der Waals surface area contributed by atoms with Crippen LogP contribution in [0.15, 0.2) is 0 Å². The lowest BCUT2D eigenvalue weighted by Crippen LogP contribution is -2.29. The minimum Gasteiger partial charge on any atom is -0.469 e. The number of amides is 2. The van der Waals surface area contributed by atoms with Gasteiger partial charge in [-0.3, -0.25) is 19.2 Å². The molecule has 2 fully saturated rings. The van der Waals surface area contributed by atoms with Crippen molar-refractivity contribution in [2.45, 2.75) is 12.8 Å². The molecule has 0 saturated carbocycles. The van der Waals surface area contributed by atoms with Crippen molar-refractivity contribution >= 4 is 89.5 Å². The Morgan fingerprint density at radius 2 is 1.19 bits per heavy atom. The minimum atomic E-state index is -0.353. The van der Waals surface area contributed by atoms with Gasteiger partial charge in [0.1, 0.15) is 0 Å². The monoisotopic (exact) mass is 699 g/mol. The smallest absolute Gasteiger partial charge is 0.310 e. The molecule has 210 valence electrons. The van der Waals surface area contributed by atoms with Crippen LogP contribution in [0.5, 0.6) is 0 Å². The quantitative estimate of drug-likeness (QED) is 0.0896. The van der Waals surface area contributed by atoms with Gasteiger partial charge in [0.2, 0.25) is 11.8 Å². The van der Waals surface area contributed by atoms with Crippen LogP contribution in [0.2, 0.25) is 0 Å². The molecule has 2 aliphatic rings. The molecule has 2 rings (SSSR count). The Balaban J connectivity index is 0.000000992. The molecular formula is C21H39IN4O6S4. The lowest BCUT2D eigenvalue weighted by atomic mass is 10.1. The molecule has 0 spiro atoms. The molecule has 2 atom stereocenters. The number of nitrogens with zero attached hydrogens (tertiary/aromatic N) is 2. The Morgan fingerprint density at radius 1 is 0.861 bits per heavy atom. The second kappa shape index (κ2) is 22.9.